The molecule has 6 unspecified atom stereocenters. The fraction of sp³-hybridized carbons (Fsp3) is 0.649. The molecule has 0 saturated carbocycles. The molecule has 14 heteroatoms. The number of aliphatic hydroxyl groups is 2. The highest BCUT2D eigenvalue weighted by molar-refractivity contribution is 5.77. The number of rotatable bonds is 44. The van der Waals surface area contributed by atoms with Crippen molar-refractivity contribution in [1.82, 2.24) is 10.6 Å². The van der Waals surface area contributed by atoms with Crippen molar-refractivity contribution in [1.29, 1.82) is 0 Å². The number of aliphatic hydroxyl groups excluding tert-OH is 2. The number of aliphatic carboxylic acids is 2. The number of amides is 2. The summed E-state index contributed by atoms with van der Waals surface area (Å²) in [5.41, 5.74) is 13.0. The normalized spacial score (nSPS) is 14.2. The van der Waals surface area contributed by atoms with E-state index < -0.39 is 36.2 Å². The SMILES string of the molecule is CCCCCCC(Oc1ccc(CC(N)C(=O)O)cc1)C(O)CC=CCCCCCCCC(=O)NCCNC(=O)CCCCCCCC=CCC(O)C(CCCCC)Oc1ccc(CC(N)C(=O)O)cc1. The van der Waals surface area contributed by atoms with Gasteiger partial charge in [0.05, 0.1) is 12.2 Å². The molecular weight excluding hydrogens is 901 g/mol. The first-order valence-corrected chi connectivity index (χ1v) is 27.0. The molecule has 0 fully saturated rings. The van der Waals surface area contributed by atoms with Gasteiger partial charge in [0.1, 0.15) is 35.8 Å². The number of carbonyl (C=O) groups excluding carboxylic acids is 2. The van der Waals surface area contributed by atoms with Crippen molar-refractivity contribution in [3.63, 3.8) is 0 Å². The Morgan fingerprint density at radius 3 is 1.25 bits per heavy atom. The summed E-state index contributed by atoms with van der Waals surface area (Å²) in [6, 6.07) is 12.6. The van der Waals surface area contributed by atoms with Gasteiger partial charge in [0.25, 0.3) is 0 Å². The van der Waals surface area contributed by atoms with E-state index >= 15 is 0 Å². The van der Waals surface area contributed by atoms with Gasteiger partial charge in [-0.15, -0.1) is 0 Å². The molecule has 0 saturated heterocycles. The van der Waals surface area contributed by atoms with Crippen molar-refractivity contribution in [2.45, 2.75) is 224 Å². The minimum Gasteiger partial charge on any atom is -0.488 e. The molecule has 0 bridgehead atoms. The number of carboxylic acid groups (broad SMARTS) is 2. The van der Waals surface area contributed by atoms with E-state index in [1.807, 2.05) is 48.6 Å². The van der Waals surface area contributed by atoms with E-state index in [4.69, 9.17) is 31.2 Å². The first-order chi connectivity index (χ1) is 34.3. The van der Waals surface area contributed by atoms with Crippen LogP contribution in [0.25, 0.3) is 0 Å². The molecule has 2 amide bonds. The smallest absolute Gasteiger partial charge is 0.320 e. The Balaban J connectivity index is 1.48. The van der Waals surface area contributed by atoms with Crippen molar-refractivity contribution in [2.75, 3.05) is 13.1 Å². The monoisotopic (exact) mass is 993 g/mol. The molecule has 0 aliphatic carbocycles. The van der Waals surface area contributed by atoms with E-state index in [2.05, 4.69) is 36.6 Å². The van der Waals surface area contributed by atoms with Crippen molar-refractivity contribution in [2.24, 2.45) is 11.5 Å². The standard InChI is InChI=1S/C57H92N4O10/c1-3-5-7-23-29-53(71-47-38-34-45(35-39-47)43-49(59)57(68)69)51(63)27-22-17-13-9-11-15-19-25-31-55(65)61-41-40-60-54(64)30-24-18-14-10-8-12-16-21-26-50(62)52(28-20-6-4-2)70-46-36-32-44(33-37-46)42-48(58)56(66)67/h16-17,21-22,32-39,48-53,62-63H,3-15,18-20,23-31,40-43,58-59H2,1-2H3,(H,60,64)(H,61,65)(H,66,67)(H,68,69). The van der Waals surface area contributed by atoms with Gasteiger partial charge in [-0.2, -0.15) is 0 Å². The maximum absolute atomic E-state index is 12.3. The average molecular weight is 993 g/mol. The Hall–Kier alpha value is -4.76. The van der Waals surface area contributed by atoms with Crippen LogP contribution >= 0.6 is 0 Å². The van der Waals surface area contributed by atoms with Crippen LogP contribution in [0.5, 0.6) is 11.5 Å². The lowest BCUT2D eigenvalue weighted by Crippen LogP contribution is -2.34. The second-order valence-corrected chi connectivity index (χ2v) is 19.1. The van der Waals surface area contributed by atoms with E-state index in [0.717, 1.165) is 146 Å². The van der Waals surface area contributed by atoms with E-state index in [1.54, 1.807) is 12.1 Å². The third-order valence-electron chi connectivity index (χ3n) is 12.7. The van der Waals surface area contributed by atoms with Gasteiger partial charge in [-0.3, -0.25) is 19.2 Å². The number of nitrogens with one attached hydrogen (secondary N) is 2. The average Bonchev–Trinajstić information content (AvgIpc) is 3.35. The Bertz CT molecular complexity index is 1770. The van der Waals surface area contributed by atoms with Gasteiger partial charge in [0, 0.05) is 25.9 Å². The summed E-state index contributed by atoms with van der Waals surface area (Å²) in [5, 5.41) is 46.0. The lowest BCUT2D eigenvalue weighted by atomic mass is 10.0. The lowest BCUT2D eigenvalue weighted by molar-refractivity contribution is -0.139. The second kappa shape index (κ2) is 39.8. The first-order valence-electron chi connectivity index (χ1n) is 27.0. The van der Waals surface area contributed by atoms with Crippen LogP contribution in [0.1, 0.15) is 185 Å². The quantitative estimate of drug-likeness (QED) is 0.0229. The molecule has 0 aliphatic rings. The molecule has 0 radical (unpaired) electrons. The predicted octanol–water partition coefficient (Wildman–Crippen LogP) is 9.65. The Morgan fingerprint density at radius 2 is 0.859 bits per heavy atom. The second-order valence-electron chi connectivity index (χ2n) is 19.1. The number of allylic oxidation sites excluding steroid dienone is 2. The molecule has 6 atom stereocenters. The van der Waals surface area contributed by atoms with Gasteiger partial charge in [-0.05, 0) is 125 Å². The summed E-state index contributed by atoms with van der Waals surface area (Å²) >= 11 is 0. The molecular formula is C57H92N4O10. The number of hydrogen-bond donors (Lipinski definition) is 8. The van der Waals surface area contributed by atoms with Crippen LogP contribution < -0.4 is 31.6 Å². The summed E-state index contributed by atoms with van der Waals surface area (Å²) in [4.78, 5) is 46.8. The zero-order valence-corrected chi connectivity index (χ0v) is 43.3. The van der Waals surface area contributed by atoms with Crippen molar-refractivity contribution >= 4 is 23.8 Å². The van der Waals surface area contributed by atoms with Gasteiger partial charge >= 0.3 is 11.9 Å². The molecule has 0 aromatic heterocycles. The topological polar surface area (TPSA) is 244 Å². The van der Waals surface area contributed by atoms with Crippen LogP contribution in [0.2, 0.25) is 0 Å². The van der Waals surface area contributed by atoms with Crippen LogP contribution in [-0.2, 0) is 32.0 Å². The Labute approximate surface area is 425 Å². The number of carboxylic acids is 2. The summed E-state index contributed by atoms with van der Waals surface area (Å²) < 4.78 is 12.4. The molecule has 0 aliphatic heterocycles. The third-order valence-corrected chi connectivity index (χ3v) is 12.7. The number of hydrogen-bond acceptors (Lipinski definition) is 10. The van der Waals surface area contributed by atoms with E-state index in [0.29, 0.717) is 50.3 Å². The first kappa shape index (κ1) is 62.4. The number of ether oxygens (including phenoxy) is 2. The van der Waals surface area contributed by atoms with Gasteiger partial charge in [-0.25, -0.2) is 0 Å². The zero-order valence-electron chi connectivity index (χ0n) is 43.3. The molecule has 10 N–H and O–H groups in total. The largest absolute Gasteiger partial charge is 0.488 e. The molecule has 14 nitrogen and oxygen atoms in total. The molecule has 2 rings (SSSR count). The fourth-order valence-corrected chi connectivity index (χ4v) is 8.22. The van der Waals surface area contributed by atoms with E-state index in [1.165, 1.54) is 0 Å². The van der Waals surface area contributed by atoms with Crippen LogP contribution in [0.4, 0.5) is 0 Å². The van der Waals surface area contributed by atoms with Gasteiger partial charge in [0.15, 0.2) is 0 Å². The molecule has 400 valence electrons. The number of benzene rings is 2. The maximum Gasteiger partial charge on any atom is 0.320 e. The van der Waals surface area contributed by atoms with E-state index in [-0.39, 0.29) is 36.9 Å². The minimum atomic E-state index is -1.03. The van der Waals surface area contributed by atoms with Crippen molar-refractivity contribution in [3.8, 4) is 11.5 Å². The van der Waals surface area contributed by atoms with Gasteiger partial charge in [0.2, 0.25) is 11.8 Å². The van der Waals surface area contributed by atoms with Crippen LogP contribution in [0.15, 0.2) is 72.8 Å². The molecule has 2 aromatic carbocycles. The van der Waals surface area contributed by atoms with Gasteiger partial charge < -0.3 is 52.0 Å². The zero-order chi connectivity index (χ0) is 51.9. The molecule has 0 spiro atoms. The Kier molecular flexibility index (Phi) is 35.0. The highest BCUT2D eigenvalue weighted by Gasteiger charge is 2.22. The third kappa shape index (κ3) is 31.3. The number of nitrogens with two attached hydrogens (primary N) is 2. The fourth-order valence-electron chi connectivity index (χ4n) is 8.22. The van der Waals surface area contributed by atoms with Crippen LogP contribution in [0.3, 0.4) is 0 Å². The van der Waals surface area contributed by atoms with E-state index in [9.17, 15) is 29.4 Å². The van der Waals surface area contributed by atoms with Crippen molar-refractivity contribution < 1.29 is 49.1 Å². The lowest BCUT2D eigenvalue weighted by Gasteiger charge is -2.24. The highest BCUT2D eigenvalue weighted by Crippen LogP contribution is 2.23. The summed E-state index contributed by atoms with van der Waals surface area (Å²) in [7, 11) is 0. The van der Waals surface area contributed by atoms with Crippen molar-refractivity contribution in [3.05, 3.63) is 84.0 Å². The number of unbranched alkanes of at least 4 members (excludes halogenated alkanes) is 15. The Morgan fingerprint density at radius 1 is 0.507 bits per heavy atom. The summed E-state index contributed by atoms with van der Waals surface area (Å²) in [6.07, 6.45) is 29.7. The number of carbonyl (C=O) groups is 4. The summed E-state index contributed by atoms with van der Waals surface area (Å²) in [6.45, 7) is 5.16. The molecule has 0 heterocycles. The summed E-state index contributed by atoms with van der Waals surface area (Å²) in [5.74, 6) is -0.754. The predicted molar refractivity (Wildman–Crippen MR) is 283 cm³/mol. The van der Waals surface area contributed by atoms with Gasteiger partial charge in [-0.1, -0.05) is 133 Å². The van der Waals surface area contributed by atoms with Crippen LogP contribution in [0, 0.1) is 0 Å². The minimum absolute atomic E-state index is 0.0128. The molecule has 2 aromatic rings. The van der Waals surface area contributed by atoms with Crippen LogP contribution in [-0.4, -0.2) is 93.8 Å². The highest BCUT2D eigenvalue weighted by atomic mass is 16.5. The maximum atomic E-state index is 12.3. The molecule has 71 heavy (non-hydrogen) atoms.